The third kappa shape index (κ3) is 58.6. The van der Waals surface area contributed by atoms with E-state index >= 15 is 0 Å². The van der Waals surface area contributed by atoms with Crippen molar-refractivity contribution in [1.82, 2.24) is 0 Å². The minimum atomic E-state index is 0. The Morgan fingerprint density at radius 1 is 0.400 bits per heavy atom. The molecule has 0 aliphatic heterocycles. The molecule has 0 N–H and O–H groups in total. The smallest absolute Gasteiger partial charge is 0.0626 e. The monoisotopic (exact) mass is 134 g/mol. The topological polar surface area (TPSA) is 0 Å². The van der Waals surface area contributed by atoms with Crippen LogP contribution in [0, 0.1) is 0 Å². The number of hydrogen-bond acceptors (Lipinski definition) is 0. The molecular formula is H16B4Ge. The second kappa shape index (κ2) is 108. The first-order valence-corrected chi connectivity index (χ1v) is 0. The van der Waals surface area contributed by atoms with Crippen molar-refractivity contribution in [2.45, 2.75) is 0 Å². The van der Waals surface area contributed by atoms with Crippen LogP contribution in [0.25, 0.3) is 0 Å². The van der Waals surface area contributed by atoms with Gasteiger partial charge in [-0.3, -0.25) is 0 Å². The van der Waals surface area contributed by atoms with Crippen molar-refractivity contribution >= 4 is 51.2 Å². The zero-order valence-electron chi connectivity index (χ0n) is 0.500. The second-order valence-corrected chi connectivity index (χ2v) is 0. The molecule has 0 radical (unpaired) electrons. The van der Waals surface area contributed by atoms with Gasteiger partial charge >= 0.3 is 17.6 Å². The summed E-state index contributed by atoms with van der Waals surface area (Å²) in [6.07, 6.45) is 0. The van der Waals surface area contributed by atoms with E-state index in [2.05, 4.69) is 0 Å². The van der Waals surface area contributed by atoms with Gasteiger partial charge < -0.3 is 0 Å². The van der Waals surface area contributed by atoms with Gasteiger partial charge in [0.15, 0.2) is 0 Å². The minimum Gasteiger partial charge on any atom is -0.0626 e. The average molecular weight is 132 g/mol. The van der Waals surface area contributed by atoms with Gasteiger partial charge in [-0.05, 0) is 0 Å². The Bertz CT molecular complexity index is 3.61. The van der Waals surface area contributed by atoms with Crippen LogP contribution in [0.4, 0.5) is 0 Å². The predicted molar refractivity (Wildman–Crippen MR) is 51.1 cm³/mol. The summed E-state index contributed by atoms with van der Waals surface area (Å²) in [5.74, 6) is 0. The molecular weight excluding hydrogens is 116 g/mol. The van der Waals surface area contributed by atoms with Gasteiger partial charge in [-0.15, -0.1) is 0 Å². The maximum atomic E-state index is 0. The number of hydrogen-bond donors (Lipinski definition) is 0. The average Bonchev–Trinajstić information content (AvgIpc) is 0. The van der Waals surface area contributed by atoms with E-state index in [1.807, 2.05) is 0 Å². The van der Waals surface area contributed by atoms with E-state index in [1.165, 1.54) is 0 Å². The van der Waals surface area contributed by atoms with Crippen LogP contribution in [0.1, 0.15) is 0 Å². The molecule has 0 fully saturated rings. The first kappa shape index (κ1) is 208. The van der Waals surface area contributed by atoms with Crippen molar-refractivity contribution in [2.75, 3.05) is 0 Å². The van der Waals surface area contributed by atoms with Gasteiger partial charge in [0.2, 0.25) is 0 Å². The third-order valence-corrected chi connectivity index (χ3v) is 0. The van der Waals surface area contributed by atoms with Crippen molar-refractivity contribution in [3.05, 3.63) is 0 Å². The maximum absolute atomic E-state index is 0. The summed E-state index contributed by atoms with van der Waals surface area (Å²) in [7, 11) is 0. The molecule has 0 unspecified atom stereocenters. The molecule has 0 heterocycles. The van der Waals surface area contributed by atoms with Crippen LogP contribution in [-0.2, 0) is 0 Å². The molecule has 0 saturated carbocycles. The van der Waals surface area contributed by atoms with E-state index in [1.54, 1.807) is 0 Å². The normalized spacial score (nSPS) is 0. The molecule has 0 rings (SSSR count). The zero-order valence-corrected chi connectivity index (χ0v) is 2.60. The SMILES string of the molecule is [BH4-].[BH4-].[BH4-].[BH4-].[Ge+4]. The van der Waals surface area contributed by atoms with E-state index < -0.39 is 0 Å². The molecule has 5 heteroatoms. The summed E-state index contributed by atoms with van der Waals surface area (Å²) in [5.41, 5.74) is 0. The minimum absolute atomic E-state index is 0. The van der Waals surface area contributed by atoms with Gasteiger partial charge in [-0.2, -0.15) is 0 Å². The van der Waals surface area contributed by atoms with Crippen LogP contribution >= 0.6 is 0 Å². The van der Waals surface area contributed by atoms with Crippen molar-refractivity contribution in [2.24, 2.45) is 0 Å². The zero-order chi connectivity index (χ0) is 0. The van der Waals surface area contributed by atoms with Crippen molar-refractivity contribution in [3.63, 3.8) is 0 Å². The molecule has 0 bridgehead atoms. The molecule has 32 valence electrons. The van der Waals surface area contributed by atoms with Crippen LogP contribution in [0.5, 0.6) is 0 Å². The van der Waals surface area contributed by atoms with Crippen LogP contribution in [0.2, 0.25) is 0 Å². The summed E-state index contributed by atoms with van der Waals surface area (Å²) in [5, 5.41) is 0. The molecule has 5 heavy (non-hydrogen) atoms. The summed E-state index contributed by atoms with van der Waals surface area (Å²) >= 11 is 0. The van der Waals surface area contributed by atoms with E-state index in [0.717, 1.165) is 0 Å². The quantitative estimate of drug-likeness (QED) is 0.288. The fourth-order valence-corrected chi connectivity index (χ4v) is 0. The number of rotatable bonds is 0. The second-order valence-electron chi connectivity index (χ2n) is 0. The van der Waals surface area contributed by atoms with Crippen LogP contribution in [0.3, 0.4) is 0 Å². The summed E-state index contributed by atoms with van der Waals surface area (Å²) < 4.78 is 0. The van der Waals surface area contributed by atoms with E-state index in [-0.39, 0.29) is 51.2 Å². The summed E-state index contributed by atoms with van der Waals surface area (Å²) in [6, 6.07) is 0. The molecule has 0 aromatic heterocycles. The predicted octanol–water partition coefficient (Wildman–Crippen LogP) is -6.19. The van der Waals surface area contributed by atoms with E-state index in [0.29, 0.717) is 0 Å². The molecule has 0 aromatic rings. The molecule has 0 atom stereocenters. The van der Waals surface area contributed by atoms with Gasteiger partial charge in [0.25, 0.3) is 0 Å². The summed E-state index contributed by atoms with van der Waals surface area (Å²) in [4.78, 5) is 0. The Balaban J connectivity index is 0. The van der Waals surface area contributed by atoms with Gasteiger partial charge in [0.1, 0.15) is 0 Å². The Labute approximate surface area is 51.8 Å². The Kier molecular flexibility index (Phi) is 4480. The Morgan fingerprint density at radius 2 is 0.400 bits per heavy atom. The fourth-order valence-electron chi connectivity index (χ4n) is 0. The van der Waals surface area contributed by atoms with Crippen LogP contribution in [0.15, 0.2) is 0 Å². The molecule has 0 nitrogen and oxygen atoms in total. The van der Waals surface area contributed by atoms with Gasteiger partial charge in [-0.1, -0.05) is 33.7 Å². The standard InChI is InChI=1S/4BH4.Ge/h4*1H4;/q4*-1;+4. The van der Waals surface area contributed by atoms with Crippen LogP contribution in [-0.4, -0.2) is 51.2 Å². The molecule has 0 aliphatic rings. The first-order chi connectivity index (χ1) is 0. The molecule has 0 amide bonds. The van der Waals surface area contributed by atoms with E-state index in [9.17, 15) is 0 Å². The Morgan fingerprint density at radius 3 is 0.400 bits per heavy atom. The fraction of sp³-hybridized carbons (Fsp3) is 0. The third-order valence-electron chi connectivity index (χ3n) is 0. The summed E-state index contributed by atoms with van der Waals surface area (Å²) in [6.45, 7) is 0. The molecule has 0 aliphatic carbocycles. The van der Waals surface area contributed by atoms with Gasteiger partial charge in [0, 0.05) is 0 Å². The maximum Gasteiger partial charge on any atom is 4.00 e. The van der Waals surface area contributed by atoms with Crippen molar-refractivity contribution < 1.29 is 0 Å². The first-order valence-electron chi connectivity index (χ1n) is 0. The van der Waals surface area contributed by atoms with Crippen LogP contribution < -0.4 is 0 Å². The Hall–Kier alpha value is 0.803. The largest absolute Gasteiger partial charge is 4.00 e. The van der Waals surface area contributed by atoms with Crippen molar-refractivity contribution in [1.29, 1.82) is 0 Å². The van der Waals surface area contributed by atoms with Crippen molar-refractivity contribution in [3.8, 4) is 0 Å². The van der Waals surface area contributed by atoms with E-state index in [4.69, 9.17) is 0 Å². The molecule has 0 saturated heterocycles. The molecule has 0 spiro atoms. The van der Waals surface area contributed by atoms with Gasteiger partial charge in [-0.25, -0.2) is 0 Å². The molecule has 0 aromatic carbocycles. The van der Waals surface area contributed by atoms with Gasteiger partial charge in [0.05, 0.1) is 0 Å².